The Hall–Kier alpha value is -1.93. The van der Waals surface area contributed by atoms with Crippen molar-refractivity contribution in [1.29, 1.82) is 0 Å². The molecule has 0 saturated heterocycles. The van der Waals surface area contributed by atoms with Gasteiger partial charge in [-0.2, -0.15) is 0 Å². The predicted molar refractivity (Wildman–Crippen MR) is 110 cm³/mol. The summed E-state index contributed by atoms with van der Waals surface area (Å²) in [6.45, 7) is 6.80. The van der Waals surface area contributed by atoms with Crippen molar-refractivity contribution < 1.29 is 23.1 Å². The number of carbonyl (C=O) groups excluding carboxylic acids is 1. The maximum atomic E-state index is 12.5. The normalized spacial score (nSPS) is 17.0. The molecule has 0 radical (unpaired) electrons. The molecule has 1 aliphatic carbocycles. The van der Waals surface area contributed by atoms with Crippen molar-refractivity contribution in [3.05, 3.63) is 24.0 Å². The molecule has 1 saturated carbocycles. The van der Waals surface area contributed by atoms with Crippen LogP contribution >= 0.6 is 0 Å². The molecule has 0 bridgehead atoms. The monoisotopic (exact) mass is 422 g/mol. The summed E-state index contributed by atoms with van der Waals surface area (Å²) in [5.74, 6) is -0.674. The molecule has 29 heavy (non-hydrogen) atoms. The third-order valence-corrected chi connectivity index (χ3v) is 6.96. The van der Waals surface area contributed by atoms with Crippen LogP contribution in [0.4, 0.5) is 0 Å². The highest BCUT2D eigenvalue weighted by Crippen LogP contribution is 2.34. The first kappa shape index (κ1) is 21.8. The second-order valence-corrected chi connectivity index (χ2v) is 11.3. The summed E-state index contributed by atoms with van der Waals surface area (Å²) in [6.07, 6.45) is 4.23. The highest BCUT2D eigenvalue weighted by atomic mass is 32.2. The smallest absolute Gasteiger partial charge is 0.321 e. The number of sulfone groups is 1. The number of rotatable bonds is 6. The van der Waals surface area contributed by atoms with Crippen LogP contribution < -0.4 is 0 Å². The van der Waals surface area contributed by atoms with Gasteiger partial charge in [0.1, 0.15) is 5.82 Å². The van der Waals surface area contributed by atoms with E-state index in [-0.39, 0.29) is 10.3 Å². The Morgan fingerprint density at radius 1 is 1.28 bits per heavy atom. The van der Waals surface area contributed by atoms with Crippen molar-refractivity contribution in [2.45, 2.75) is 69.9 Å². The van der Waals surface area contributed by atoms with E-state index in [2.05, 4.69) is 25.5 Å². The van der Waals surface area contributed by atoms with Crippen LogP contribution in [0.15, 0.2) is 23.1 Å². The minimum Gasteiger partial charge on any atom is -0.468 e. The number of hydrogen-bond acceptors (Lipinski definition) is 6. The summed E-state index contributed by atoms with van der Waals surface area (Å²) in [5.41, 5.74) is 0.575. The molecule has 3 rings (SSSR count). The van der Waals surface area contributed by atoms with E-state index in [9.17, 15) is 18.3 Å². The number of hydrogen-bond donors (Lipinski definition) is 1. The second kappa shape index (κ2) is 7.72. The van der Waals surface area contributed by atoms with Gasteiger partial charge < -0.3 is 14.4 Å². The Labute approximate surface area is 172 Å². The third-order valence-electron chi connectivity index (χ3n) is 5.37. The van der Waals surface area contributed by atoms with Gasteiger partial charge in [-0.3, -0.25) is 4.79 Å². The van der Waals surface area contributed by atoms with E-state index >= 15 is 0 Å². The van der Waals surface area contributed by atoms with Crippen molar-refractivity contribution in [2.24, 2.45) is 5.41 Å². The molecule has 1 heterocycles. The first-order valence-corrected chi connectivity index (χ1v) is 11.6. The number of fused-ring (bicyclic) bond motifs is 1. The number of imidazole rings is 1. The summed E-state index contributed by atoms with van der Waals surface area (Å²) in [5, 5.41) is 11.0. The second-order valence-electron chi connectivity index (χ2n) is 9.27. The highest BCUT2D eigenvalue weighted by molar-refractivity contribution is 7.92. The van der Waals surface area contributed by atoms with Crippen molar-refractivity contribution >= 4 is 26.8 Å². The van der Waals surface area contributed by atoms with Crippen molar-refractivity contribution in [2.75, 3.05) is 12.9 Å². The molecule has 0 aliphatic heterocycles. The lowest BCUT2D eigenvalue weighted by Gasteiger charge is -2.26. The molecule has 0 unspecified atom stereocenters. The molecule has 1 aromatic heterocycles. The van der Waals surface area contributed by atoms with Crippen LogP contribution in [-0.2, 0) is 32.3 Å². The van der Waals surface area contributed by atoms with Crippen LogP contribution in [0.1, 0.15) is 52.3 Å². The van der Waals surface area contributed by atoms with Crippen LogP contribution in [-0.4, -0.2) is 47.5 Å². The quantitative estimate of drug-likeness (QED) is 0.719. The first-order chi connectivity index (χ1) is 13.4. The third kappa shape index (κ3) is 4.98. The Bertz CT molecular complexity index is 1010. The molecule has 1 fully saturated rings. The zero-order chi connectivity index (χ0) is 21.4. The molecule has 0 spiro atoms. The number of benzene rings is 1. The van der Waals surface area contributed by atoms with E-state index < -0.39 is 27.2 Å². The molecule has 2 aromatic rings. The number of nitrogens with zero attached hydrogens (tertiary/aromatic N) is 2. The van der Waals surface area contributed by atoms with Gasteiger partial charge in [0.05, 0.1) is 35.2 Å². The van der Waals surface area contributed by atoms with Gasteiger partial charge in [-0.25, -0.2) is 13.4 Å². The zero-order valence-electron chi connectivity index (χ0n) is 17.6. The fourth-order valence-corrected chi connectivity index (χ4v) is 5.08. The summed E-state index contributed by atoms with van der Waals surface area (Å²) in [6, 6.07) is 4.73. The lowest BCUT2D eigenvalue weighted by atomic mass is 9.91. The van der Waals surface area contributed by atoms with Crippen molar-refractivity contribution in [1.82, 2.24) is 9.55 Å². The van der Waals surface area contributed by atoms with E-state index in [1.165, 1.54) is 12.1 Å². The van der Waals surface area contributed by atoms with Crippen molar-refractivity contribution in [3.8, 4) is 0 Å². The van der Waals surface area contributed by atoms with Crippen LogP contribution in [0, 0.1) is 5.41 Å². The molecule has 8 heteroatoms. The van der Waals surface area contributed by atoms with Crippen LogP contribution in [0.2, 0.25) is 0 Å². The van der Waals surface area contributed by atoms with Crippen LogP contribution in [0.25, 0.3) is 11.0 Å². The lowest BCUT2D eigenvalue weighted by Crippen LogP contribution is -2.31. The molecule has 1 aliphatic rings. The summed E-state index contributed by atoms with van der Waals surface area (Å²) in [7, 11) is -2.65. The van der Waals surface area contributed by atoms with Gasteiger partial charge in [0, 0.05) is 6.42 Å². The van der Waals surface area contributed by atoms with Crippen LogP contribution in [0.3, 0.4) is 0 Å². The van der Waals surface area contributed by atoms with Gasteiger partial charge in [-0.05, 0) is 36.5 Å². The van der Waals surface area contributed by atoms with Crippen molar-refractivity contribution in [3.63, 3.8) is 0 Å². The van der Waals surface area contributed by atoms with E-state index in [1.807, 2.05) is 4.57 Å². The molecular weight excluding hydrogens is 392 g/mol. The standard InChI is InChI=1S/C21H30N2O5S/c1-20(2,3)12-18-22-16-11-15(29(26,27)13-19(24)28-4)7-8-17(16)23(18)14-21(25)9-5-6-10-21/h7-8,11,25H,5-6,9-10,12-14H2,1-4H3. The fourth-order valence-electron chi connectivity index (χ4n) is 3.92. The van der Waals surface area contributed by atoms with Gasteiger partial charge in [0.15, 0.2) is 15.6 Å². The van der Waals surface area contributed by atoms with E-state index in [1.54, 1.807) is 6.07 Å². The molecule has 160 valence electrons. The summed E-state index contributed by atoms with van der Waals surface area (Å²) >= 11 is 0. The van der Waals surface area contributed by atoms with Gasteiger partial charge >= 0.3 is 5.97 Å². The topological polar surface area (TPSA) is 98.5 Å². The average Bonchev–Trinajstić information content (AvgIpc) is 3.17. The Kier molecular flexibility index (Phi) is 5.80. The van der Waals surface area contributed by atoms with Gasteiger partial charge in [-0.1, -0.05) is 33.6 Å². The maximum absolute atomic E-state index is 12.5. The van der Waals surface area contributed by atoms with Gasteiger partial charge in [-0.15, -0.1) is 0 Å². The number of methoxy groups -OCH3 is 1. The number of ether oxygens (including phenoxy) is 1. The maximum Gasteiger partial charge on any atom is 0.321 e. The Morgan fingerprint density at radius 2 is 1.93 bits per heavy atom. The predicted octanol–water partition coefficient (Wildman–Crippen LogP) is 2.88. The SMILES string of the molecule is COC(=O)CS(=O)(=O)c1ccc2c(c1)nc(CC(C)(C)C)n2CC1(O)CCCC1. The zero-order valence-corrected chi connectivity index (χ0v) is 18.4. The Morgan fingerprint density at radius 3 is 2.52 bits per heavy atom. The molecular formula is C21H30N2O5S. The lowest BCUT2D eigenvalue weighted by molar-refractivity contribution is -0.137. The van der Waals surface area contributed by atoms with E-state index in [0.29, 0.717) is 18.5 Å². The minimum atomic E-state index is -3.81. The summed E-state index contributed by atoms with van der Waals surface area (Å²) in [4.78, 5) is 16.2. The highest BCUT2D eigenvalue weighted by Gasteiger charge is 2.33. The molecule has 0 amide bonds. The van der Waals surface area contributed by atoms with Gasteiger partial charge in [0.2, 0.25) is 0 Å². The first-order valence-electron chi connectivity index (χ1n) is 9.94. The number of aromatic nitrogens is 2. The minimum absolute atomic E-state index is 0.0167. The molecule has 7 nitrogen and oxygen atoms in total. The Balaban J connectivity index is 2.06. The number of carbonyl (C=O) groups is 1. The molecule has 1 aromatic carbocycles. The molecule has 1 N–H and O–H groups in total. The van der Waals surface area contributed by atoms with Gasteiger partial charge in [0.25, 0.3) is 0 Å². The van der Waals surface area contributed by atoms with Crippen LogP contribution in [0.5, 0.6) is 0 Å². The number of esters is 1. The van der Waals surface area contributed by atoms with E-state index in [0.717, 1.165) is 44.1 Å². The average molecular weight is 423 g/mol. The summed E-state index contributed by atoms with van der Waals surface area (Å²) < 4.78 is 31.6. The van der Waals surface area contributed by atoms with E-state index in [4.69, 9.17) is 4.98 Å². The fraction of sp³-hybridized carbons (Fsp3) is 0.619. The number of aliphatic hydroxyl groups is 1. The molecule has 0 atom stereocenters. The largest absolute Gasteiger partial charge is 0.468 e.